The summed E-state index contributed by atoms with van der Waals surface area (Å²) in [6.45, 7) is 0.0247. The number of carbonyl (C=O) groups is 1. The molecule has 1 aliphatic heterocycles. The summed E-state index contributed by atoms with van der Waals surface area (Å²) in [6, 6.07) is 21.9. The predicted octanol–water partition coefficient (Wildman–Crippen LogP) is 4.19. The summed E-state index contributed by atoms with van der Waals surface area (Å²) in [5, 5.41) is 9.27. The van der Waals surface area contributed by atoms with E-state index in [1.807, 2.05) is 79.7 Å². The largest absolute Gasteiger partial charge is 0.507 e. The van der Waals surface area contributed by atoms with Crippen LogP contribution in [0.3, 0.4) is 0 Å². The Morgan fingerprint density at radius 2 is 1.66 bits per heavy atom. The number of carboxylic acid groups (broad SMARTS) is 1. The summed E-state index contributed by atoms with van der Waals surface area (Å²) in [4.78, 5) is 13.3. The summed E-state index contributed by atoms with van der Waals surface area (Å²) < 4.78 is 34.2. The lowest BCUT2D eigenvalue weighted by Crippen LogP contribution is -2.46. The number of fused-ring (bicyclic) bond motifs is 1. The van der Waals surface area contributed by atoms with Gasteiger partial charge in [0.05, 0.1) is 4.90 Å². The lowest BCUT2D eigenvalue weighted by molar-refractivity contribution is -0.00658. The van der Waals surface area contributed by atoms with Crippen LogP contribution in [0.5, 0.6) is 0 Å². The van der Waals surface area contributed by atoms with Gasteiger partial charge in [0.25, 0.3) is 0 Å². The third-order valence-corrected chi connectivity index (χ3v) is 7.43. The fraction of sp³-hybridized carbons (Fsp3) is 0.208. The maximum Gasteiger partial charge on any atom is 0.507 e. The molecular weight excluding hydrogens is 428 g/mol. The highest BCUT2D eigenvalue weighted by molar-refractivity contribution is 7.89. The molecule has 1 heterocycles. The zero-order valence-corrected chi connectivity index (χ0v) is 18.6. The molecule has 3 aromatic rings. The summed E-state index contributed by atoms with van der Waals surface area (Å²) >= 11 is 0. The summed E-state index contributed by atoms with van der Waals surface area (Å²) in [5.74, 6) is 0. The molecule has 0 fully saturated rings. The van der Waals surface area contributed by atoms with E-state index in [1.54, 1.807) is 12.1 Å². The number of anilines is 1. The van der Waals surface area contributed by atoms with Crippen molar-refractivity contribution in [2.45, 2.75) is 24.1 Å². The SMILES string of the molecule is CN(C)c1ccc(-c2ccccc2)c(S(=O)(=O)N2Cc3ccccc3C[C@H]2OC(=O)O)c1. The van der Waals surface area contributed by atoms with Gasteiger partial charge in [-0.25, -0.2) is 13.2 Å². The minimum atomic E-state index is -4.12. The first-order valence-electron chi connectivity index (χ1n) is 10.1. The number of hydrogen-bond donors (Lipinski definition) is 1. The van der Waals surface area contributed by atoms with E-state index in [4.69, 9.17) is 4.74 Å². The van der Waals surface area contributed by atoms with Crippen molar-refractivity contribution in [2.24, 2.45) is 0 Å². The molecule has 0 spiro atoms. The zero-order chi connectivity index (χ0) is 22.9. The van der Waals surface area contributed by atoms with Crippen LogP contribution < -0.4 is 4.90 Å². The Bertz CT molecular complexity index is 1240. The van der Waals surface area contributed by atoms with E-state index in [2.05, 4.69) is 0 Å². The highest BCUT2D eigenvalue weighted by Crippen LogP contribution is 2.36. The molecule has 3 aromatic carbocycles. The van der Waals surface area contributed by atoms with Gasteiger partial charge in [-0.15, -0.1) is 0 Å². The Morgan fingerprint density at radius 3 is 2.31 bits per heavy atom. The quantitative estimate of drug-likeness (QED) is 0.584. The number of sulfonamides is 1. The van der Waals surface area contributed by atoms with Crippen LogP contribution in [-0.4, -0.2) is 44.3 Å². The molecule has 32 heavy (non-hydrogen) atoms. The molecule has 7 nitrogen and oxygen atoms in total. The standard InChI is InChI=1S/C24H24N2O5S/c1-25(2)20-12-13-21(17-8-4-3-5-9-17)22(15-20)32(29,30)26-16-19-11-7-6-10-18(19)14-23(26)31-24(27)28/h3-13,15,23H,14,16H2,1-2H3,(H,27,28)/t23-/m1/s1. The first-order chi connectivity index (χ1) is 15.3. The third-order valence-electron chi connectivity index (χ3n) is 5.55. The van der Waals surface area contributed by atoms with Gasteiger partial charge < -0.3 is 14.7 Å². The van der Waals surface area contributed by atoms with E-state index in [-0.39, 0.29) is 17.9 Å². The average Bonchev–Trinajstić information content (AvgIpc) is 2.78. The molecule has 166 valence electrons. The molecular formula is C24H24N2O5S. The maximum absolute atomic E-state index is 14.0. The van der Waals surface area contributed by atoms with Crippen molar-refractivity contribution in [3.05, 3.63) is 83.9 Å². The molecule has 0 saturated heterocycles. The highest BCUT2D eigenvalue weighted by Gasteiger charge is 2.39. The molecule has 0 amide bonds. The average molecular weight is 453 g/mol. The second-order valence-electron chi connectivity index (χ2n) is 7.80. The van der Waals surface area contributed by atoms with Crippen molar-refractivity contribution in [1.29, 1.82) is 0 Å². The van der Waals surface area contributed by atoms with E-state index in [1.165, 1.54) is 0 Å². The van der Waals surface area contributed by atoms with Crippen LogP contribution in [0, 0.1) is 0 Å². The fourth-order valence-corrected chi connectivity index (χ4v) is 5.63. The lowest BCUT2D eigenvalue weighted by Gasteiger charge is -2.35. The second kappa shape index (κ2) is 8.64. The van der Waals surface area contributed by atoms with Crippen molar-refractivity contribution in [1.82, 2.24) is 4.31 Å². The van der Waals surface area contributed by atoms with Crippen LogP contribution in [0.4, 0.5) is 10.5 Å². The van der Waals surface area contributed by atoms with Crippen LogP contribution in [0.2, 0.25) is 0 Å². The molecule has 8 heteroatoms. The van der Waals surface area contributed by atoms with Gasteiger partial charge in [0, 0.05) is 38.3 Å². The normalized spacial score (nSPS) is 16.2. The molecule has 0 aliphatic carbocycles. The van der Waals surface area contributed by atoms with E-state index < -0.39 is 22.4 Å². The maximum atomic E-state index is 14.0. The second-order valence-corrected chi connectivity index (χ2v) is 9.66. The van der Waals surface area contributed by atoms with Crippen LogP contribution in [0.15, 0.2) is 77.7 Å². The minimum absolute atomic E-state index is 0.0247. The van der Waals surface area contributed by atoms with Crippen molar-refractivity contribution >= 4 is 21.9 Å². The summed E-state index contributed by atoms with van der Waals surface area (Å²) in [5.41, 5.74) is 3.71. The highest BCUT2D eigenvalue weighted by atomic mass is 32.2. The minimum Gasteiger partial charge on any atom is -0.450 e. The van der Waals surface area contributed by atoms with Gasteiger partial charge in [-0.1, -0.05) is 60.7 Å². The van der Waals surface area contributed by atoms with Crippen molar-refractivity contribution in [3.8, 4) is 11.1 Å². The Morgan fingerprint density at radius 1 is 1.00 bits per heavy atom. The van der Waals surface area contributed by atoms with E-state index >= 15 is 0 Å². The van der Waals surface area contributed by atoms with Gasteiger partial charge in [-0.2, -0.15) is 4.31 Å². The predicted molar refractivity (Wildman–Crippen MR) is 122 cm³/mol. The van der Waals surface area contributed by atoms with Gasteiger partial charge in [-0.3, -0.25) is 0 Å². The fourth-order valence-electron chi connectivity index (χ4n) is 3.91. The summed E-state index contributed by atoms with van der Waals surface area (Å²) in [6.07, 6.45) is -2.52. The molecule has 1 aliphatic rings. The Kier molecular flexibility index (Phi) is 5.90. The monoisotopic (exact) mass is 452 g/mol. The Hall–Kier alpha value is -3.36. The smallest absolute Gasteiger partial charge is 0.450 e. The number of rotatable bonds is 5. The number of benzene rings is 3. The van der Waals surface area contributed by atoms with E-state index in [0.717, 1.165) is 26.7 Å². The van der Waals surface area contributed by atoms with Crippen LogP contribution in [0.25, 0.3) is 11.1 Å². The molecule has 0 unspecified atom stereocenters. The van der Waals surface area contributed by atoms with Gasteiger partial charge in [0.1, 0.15) is 0 Å². The van der Waals surface area contributed by atoms with Crippen molar-refractivity contribution in [3.63, 3.8) is 0 Å². The Balaban J connectivity index is 1.87. The molecule has 0 saturated carbocycles. The lowest BCUT2D eigenvalue weighted by atomic mass is 10.0. The number of hydrogen-bond acceptors (Lipinski definition) is 5. The van der Waals surface area contributed by atoms with Crippen molar-refractivity contribution < 1.29 is 23.1 Å². The molecule has 4 rings (SSSR count). The summed E-state index contributed by atoms with van der Waals surface area (Å²) in [7, 11) is -0.447. The zero-order valence-electron chi connectivity index (χ0n) is 17.8. The molecule has 1 N–H and O–H groups in total. The number of nitrogens with zero attached hydrogens (tertiary/aromatic N) is 2. The van der Waals surface area contributed by atoms with Crippen LogP contribution in [-0.2, 0) is 27.7 Å². The molecule has 0 radical (unpaired) electrons. The third kappa shape index (κ3) is 4.19. The van der Waals surface area contributed by atoms with Gasteiger partial charge in [-0.05, 0) is 28.8 Å². The van der Waals surface area contributed by atoms with Gasteiger partial charge >= 0.3 is 6.16 Å². The first kappa shape index (κ1) is 21.9. The van der Waals surface area contributed by atoms with E-state index in [0.29, 0.717) is 5.56 Å². The van der Waals surface area contributed by atoms with E-state index in [9.17, 15) is 18.3 Å². The topological polar surface area (TPSA) is 87.2 Å². The first-order valence-corrected chi connectivity index (χ1v) is 11.6. The van der Waals surface area contributed by atoms with Gasteiger partial charge in [0.15, 0.2) is 6.23 Å². The number of ether oxygens (including phenoxy) is 1. The molecule has 0 bridgehead atoms. The van der Waals surface area contributed by atoms with Gasteiger partial charge in [0.2, 0.25) is 10.0 Å². The van der Waals surface area contributed by atoms with Crippen molar-refractivity contribution in [2.75, 3.05) is 19.0 Å². The van der Waals surface area contributed by atoms with Crippen LogP contribution >= 0.6 is 0 Å². The molecule has 0 aromatic heterocycles. The van der Waals surface area contributed by atoms with Crippen LogP contribution in [0.1, 0.15) is 11.1 Å². The molecule has 1 atom stereocenters. The Labute approximate surface area is 187 Å².